The summed E-state index contributed by atoms with van der Waals surface area (Å²) in [7, 11) is 0. The molecule has 1 fully saturated rings. The number of hydrogen-bond acceptors (Lipinski definition) is 3. The first-order valence-electron chi connectivity index (χ1n) is 5.39. The molecular formula is C11H22O3. The lowest BCUT2D eigenvalue weighted by Gasteiger charge is -2.47. The molecule has 0 aromatic rings. The van der Waals surface area contributed by atoms with Crippen molar-refractivity contribution in [1.82, 2.24) is 0 Å². The van der Waals surface area contributed by atoms with Crippen molar-refractivity contribution in [3.05, 3.63) is 0 Å². The van der Waals surface area contributed by atoms with Gasteiger partial charge in [-0.15, -0.1) is 0 Å². The molecule has 3 nitrogen and oxygen atoms in total. The molecule has 0 bridgehead atoms. The Morgan fingerprint density at radius 2 is 1.57 bits per heavy atom. The van der Waals surface area contributed by atoms with Gasteiger partial charge in [0, 0.05) is 0 Å². The van der Waals surface area contributed by atoms with Crippen molar-refractivity contribution >= 4 is 0 Å². The highest BCUT2D eigenvalue weighted by molar-refractivity contribution is 4.92. The third-order valence-electron chi connectivity index (χ3n) is 3.18. The van der Waals surface area contributed by atoms with Crippen LogP contribution in [0.3, 0.4) is 0 Å². The Kier molecular flexibility index (Phi) is 3.56. The second kappa shape index (κ2) is 4.17. The van der Waals surface area contributed by atoms with Gasteiger partial charge in [0.2, 0.25) is 0 Å². The molecule has 1 saturated heterocycles. The molecular weight excluding hydrogens is 180 g/mol. The third-order valence-corrected chi connectivity index (χ3v) is 3.18. The number of ether oxygens (including phenoxy) is 1. The molecule has 1 aliphatic rings. The minimum absolute atomic E-state index is 0.0269. The molecule has 0 radical (unpaired) electrons. The topological polar surface area (TPSA) is 49.7 Å². The molecule has 1 heterocycles. The SMILES string of the molecule is CC[C@@H]1C[C@](C)(CO)O[C@](C)(CO)C1. The van der Waals surface area contributed by atoms with Crippen LogP contribution in [0, 0.1) is 5.92 Å². The summed E-state index contributed by atoms with van der Waals surface area (Å²) >= 11 is 0. The summed E-state index contributed by atoms with van der Waals surface area (Å²) in [6.45, 7) is 6.04. The monoisotopic (exact) mass is 202 g/mol. The standard InChI is InChI=1S/C11H22O3/c1-4-9-5-10(2,7-12)14-11(3,6-9)8-13/h9,12-13H,4-8H2,1-3H3/t9-,10-,11+. The summed E-state index contributed by atoms with van der Waals surface area (Å²) in [5.74, 6) is 0.540. The molecule has 84 valence electrons. The van der Waals surface area contributed by atoms with Crippen molar-refractivity contribution in [2.24, 2.45) is 5.92 Å². The van der Waals surface area contributed by atoms with E-state index in [9.17, 15) is 10.2 Å². The van der Waals surface area contributed by atoms with E-state index in [1.807, 2.05) is 13.8 Å². The number of rotatable bonds is 3. The van der Waals surface area contributed by atoms with E-state index in [1.165, 1.54) is 0 Å². The van der Waals surface area contributed by atoms with Crippen molar-refractivity contribution in [2.45, 2.75) is 51.2 Å². The summed E-state index contributed by atoms with van der Waals surface area (Å²) in [6.07, 6.45) is 2.85. The van der Waals surface area contributed by atoms with Gasteiger partial charge in [-0.3, -0.25) is 0 Å². The van der Waals surface area contributed by atoms with Crippen LogP contribution in [0.2, 0.25) is 0 Å². The van der Waals surface area contributed by atoms with E-state index in [2.05, 4.69) is 6.92 Å². The van der Waals surface area contributed by atoms with E-state index in [1.54, 1.807) is 0 Å². The zero-order chi connectivity index (χ0) is 10.8. The molecule has 0 aromatic carbocycles. The van der Waals surface area contributed by atoms with Crippen LogP contribution in [0.5, 0.6) is 0 Å². The Labute approximate surface area is 86.1 Å². The highest BCUT2D eigenvalue weighted by atomic mass is 16.5. The van der Waals surface area contributed by atoms with Gasteiger partial charge >= 0.3 is 0 Å². The van der Waals surface area contributed by atoms with Gasteiger partial charge in [0.15, 0.2) is 0 Å². The van der Waals surface area contributed by atoms with Gasteiger partial charge in [-0.1, -0.05) is 13.3 Å². The first-order chi connectivity index (χ1) is 6.47. The summed E-state index contributed by atoms with van der Waals surface area (Å²) < 4.78 is 5.79. The van der Waals surface area contributed by atoms with Crippen LogP contribution in [0.25, 0.3) is 0 Å². The fourth-order valence-electron chi connectivity index (χ4n) is 2.45. The molecule has 0 spiro atoms. The second-order valence-electron chi connectivity index (χ2n) is 5.00. The molecule has 0 aromatic heterocycles. The zero-order valence-corrected chi connectivity index (χ0v) is 9.42. The lowest BCUT2D eigenvalue weighted by Crippen LogP contribution is -2.52. The molecule has 0 amide bonds. The molecule has 0 saturated carbocycles. The Hall–Kier alpha value is -0.120. The highest BCUT2D eigenvalue weighted by Gasteiger charge is 2.43. The van der Waals surface area contributed by atoms with Crippen LogP contribution in [-0.4, -0.2) is 34.6 Å². The first-order valence-corrected chi connectivity index (χ1v) is 5.39. The highest BCUT2D eigenvalue weighted by Crippen LogP contribution is 2.39. The predicted molar refractivity (Wildman–Crippen MR) is 55.1 cm³/mol. The first kappa shape index (κ1) is 12.0. The van der Waals surface area contributed by atoms with E-state index in [0.717, 1.165) is 19.3 Å². The van der Waals surface area contributed by atoms with E-state index in [4.69, 9.17) is 4.74 Å². The zero-order valence-electron chi connectivity index (χ0n) is 9.42. The molecule has 0 unspecified atom stereocenters. The van der Waals surface area contributed by atoms with Gasteiger partial charge < -0.3 is 14.9 Å². The third kappa shape index (κ3) is 2.47. The van der Waals surface area contributed by atoms with Crippen LogP contribution >= 0.6 is 0 Å². The van der Waals surface area contributed by atoms with Crippen LogP contribution < -0.4 is 0 Å². The molecule has 0 aliphatic carbocycles. The van der Waals surface area contributed by atoms with Crippen LogP contribution in [-0.2, 0) is 4.74 Å². The second-order valence-corrected chi connectivity index (χ2v) is 5.00. The van der Waals surface area contributed by atoms with Crippen molar-refractivity contribution < 1.29 is 14.9 Å². The van der Waals surface area contributed by atoms with E-state index in [0.29, 0.717) is 5.92 Å². The summed E-state index contributed by atoms with van der Waals surface area (Å²) in [5, 5.41) is 18.6. The van der Waals surface area contributed by atoms with Crippen molar-refractivity contribution in [2.75, 3.05) is 13.2 Å². The number of aliphatic hydroxyl groups is 2. The normalized spacial score (nSPS) is 43.9. The Morgan fingerprint density at radius 1 is 1.14 bits per heavy atom. The van der Waals surface area contributed by atoms with Gasteiger partial charge in [0.1, 0.15) is 0 Å². The number of hydrogen-bond donors (Lipinski definition) is 2. The average Bonchev–Trinajstić information content (AvgIpc) is 2.17. The minimum atomic E-state index is -0.476. The summed E-state index contributed by atoms with van der Waals surface area (Å²) in [5.41, 5.74) is -0.952. The van der Waals surface area contributed by atoms with Gasteiger partial charge in [0.25, 0.3) is 0 Å². The van der Waals surface area contributed by atoms with Crippen molar-refractivity contribution in [3.63, 3.8) is 0 Å². The van der Waals surface area contributed by atoms with Gasteiger partial charge in [-0.05, 0) is 32.6 Å². The van der Waals surface area contributed by atoms with E-state index in [-0.39, 0.29) is 13.2 Å². The van der Waals surface area contributed by atoms with Crippen LogP contribution in [0.1, 0.15) is 40.0 Å². The van der Waals surface area contributed by atoms with Crippen molar-refractivity contribution in [3.8, 4) is 0 Å². The molecule has 3 heteroatoms. The number of aliphatic hydroxyl groups excluding tert-OH is 2. The summed E-state index contributed by atoms with van der Waals surface area (Å²) in [4.78, 5) is 0. The van der Waals surface area contributed by atoms with E-state index >= 15 is 0 Å². The van der Waals surface area contributed by atoms with Gasteiger partial charge in [-0.25, -0.2) is 0 Å². The van der Waals surface area contributed by atoms with Gasteiger partial charge in [-0.2, -0.15) is 0 Å². The molecule has 2 N–H and O–H groups in total. The summed E-state index contributed by atoms with van der Waals surface area (Å²) in [6, 6.07) is 0. The quantitative estimate of drug-likeness (QED) is 0.725. The Balaban J connectivity index is 2.76. The smallest absolute Gasteiger partial charge is 0.0895 e. The maximum Gasteiger partial charge on any atom is 0.0895 e. The lowest BCUT2D eigenvalue weighted by atomic mass is 9.78. The van der Waals surface area contributed by atoms with Crippen LogP contribution in [0.4, 0.5) is 0 Å². The maximum atomic E-state index is 9.28. The molecule has 1 rings (SSSR count). The van der Waals surface area contributed by atoms with Crippen LogP contribution in [0.15, 0.2) is 0 Å². The Morgan fingerprint density at radius 3 is 1.86 bits per heavy atom. The molecule has 3 atom stereocenters. The van der Waals surface area contributed by atoms with Gasteiger partial charge in [0.05, 0.1) is 24.4 Å². The lowest BCUT2D eigenvalue weighted by molar-refractivity contribution is -0.216. The fourth-order valence-corrected chi connectivity index (χ4v) is 2.45. The Bertz CT molecular complexity index is 177. The van der Waals surface area contributed by atoms with Crippen molar-refractivity contribution in [1.29, 1.82) is 0 Å². The predicted octanol–water partition coefficient (Wildman–Crippen LogP) is 1.32. The molecule has 14 heavy (non-hydrogen) atoms. The largest absolute Gasteiger partial charge is 0.393 e. The van der Waals surface area contributed by atoms with E-state index < -0.39 is 11.2 Å². The minimum Gasteiger partial charge on any atom is -0.393 e. The fraction of sp³-hybridized carbons (Fsp3) is 1.00. The molecule has 1 aliphatic heterocycles. The maximum absolute atomic E-state index is 9.28. The average molecular weight is 202 g/mol.